The standard InChI is InChI=1S/C11H11F2NO3/c12-11(13)17-8-3-1-2-7(6-8)10(16)9(15)4-5-14/h1-3,6,9-11,15-16H,4H2. The van der Waals surface area contributed by atoms with Gasteiger partial charge in [0.05, 0.1) is 18.6 Å². The summed E-state index contributed by atoms with van der Waals surface area (Å²) in [6.07, 6.45) is -2.82. The van der Waals surface area contributed by atoms with Gasteiger partial charge in [0, 0.05) is 0 Å². The summed E-state index contributed by atoms with van der Waals surface area (Å²) in [5.41, 5.74) is 0.214. The average molecular weight is 243 g/mol. The van der Waals surface area contributed by atoms with Gasteiger partial charge in [-0.3, -0.25) is 0 Å². The van der Waals surface area contributed by atoms with Gasteiger partial charge in [0.15, 0.2) is 0 Å². The van der Waals surface area contributed by atoms with Crippen LogP contribution in [0, 0.1) is 11.3 Å². The molecule has 0 aliphatic carbocycles. The Morgan fingerprint density at radius 3 is 2.65 bits per heavy atom. The third-order valence-corrected chi connectivity index (χ3v) is 2.09. The van der Waals surface area contributed by atoms with Crippen molar-refractivity contribution in [3.8, 4) is 11.8 Å². The van der Waals surface area contributed by atoms with E-state index >= 15 is 0 Å². The highest BCUT2D eigenvalue weighted by atomic mass is 19.3. The molecule has 0 fully saturated rings. The predicted molar refractivity (Wildman–Crippen MR) is 54.3 cm³/mol. The molecule has 0 amide bonds. The smallest absolute Gasteiger partial charge is 0.387 e. The number of rotatable bonds is 5. The van der Waals surface area contributed by atoms with Gasteiger partial charge in [-0.2, -0.15) is 14.0 Å². The molecule has 0 radical (unpaired) electrons. The van der Waals surface area contributed by atoms with Gasteiger partial charge in [-0.25, -0.2) is 0 Å². The molecule has 92 valence electrons. The van der Waals surface area contributed by atoms with Crippen LogP contribution in [0.15, 0.2) is 24.3 Å². The molecular weight excluding hydrogens is 232 g/mol. The highest BCUT2D eigenvalue weighted by Gasteiger charge is 2.18. The summed E-state index contributed by atoms with van der Waals surface area (Å²) in [6, 6.07) is 7.06. The maximum absolute atomic E-state index is 12.0. The Bertz CT molecular complexity index is 406. The van der Waals surface area contributed by atoms with Crippen molar-refractivity contribution in [2.75, 3.05) is 0 Å². The monoisotopic (exact) mass is 243 g/mol. The second-order valence-corrected chi connectivity index (χ2v) is 3.33. The zero-order chi connectivity index (χ0) is 12.8. The van der Waals surface area contributed by atoms with Crippen molar-refractivity contribution in [3.05, 3.63) is 29.8 Å². The number of aliphatic hydroxyl groups is 2. The molecular formula is C11H11F2NO3. The number of nitrogens with zero attached hydrogens (tertiary/aromatic N) is 1. The number of halogens is 2. The average Bonchev–Trinajstić information content (AvgIpc) is 2.28. The molecule has 0 aromatic heterocycles. The predicted octanol–water partition coefficient (Wildman–Crippen LogP) is 1.60. The van der Waals surface area contributed by atoms with E-state index in [1.54, 1.807) is 6.07 Å². The van der Waals surface area contributed by atoms with Crippen molar-refractivity contribution in [2.24, 2.45) is 0 Å². The van der Waals surface area contributed by atoms with Crippen molar-refractivity contribution in [1.29, 1.82) is 5.26 Å². The van der Waals surface area contributed by atoms with Crippen molar-refractivity contribution >= 4 is 0 Å². The molecule has 0 saturated carbocycles. The van der Waals surface area contributed by atoms with Crippen molar-refractivity contribution in [2.45, 2.75) is 25.2 Å². The Labute approximate surface area is 96.7 Å². The fraction of sp³-hybridized carbons (Fsp3) is 0.364. The topological polar surface area (TPSA) is 73.5 Å². The number of ether oxygens (including phenoxy) is 1. The molecule has 17 heavy (non-hydrogen) atoms. The lowest BCUT2D eigenvalue weighted by atomic mass is 10.0. The molecule has 0 aliphatic rings. The Morgan fingerprint density at radius 2 is 2.06 bits per heavy atom. The van der Waals surface area contributed by atoms with Crippen LogP contribution in [-0.2, 0) is 0 Å². The zero-order valence-corrected chi connectivity index (χ0v) is 8.75. The van der Waals surface area contributed by atoms with Crippen molar-refractivity contribution < 1.29 is 23.7 Å². The number of hydrogen-bond acceptors (Lipinski definition) is 4. The number of hydrogen-bond donors (Lipinski definition) is 2. The van der Waals surface area contributed by atoms with Gasteiger partial charge in [0.1, 0.15) is 11.9 Å². The van der Waals surface area contributed by atoms with Crippen LogP contribution in [0.5, 0.6) is 5.75 Å². The minimum absolute atomic E-state index is 0.110. The molecule has 2 atom stereocenters. The highest BCUT2D eigenvalue weighted by Crippen LogP contribution is 2.23. The molecule has 2 N–H and O–H groups in total. The maximum Gasteiger partial charge on any atom is 0.387 e. The summed E-state index contributed by atoms with van der Waals surface area (Å²) in [5, 5.41) is 27.4. The van der Waals surface area contributed by atoms with Crippen molar-refractivity contribution in [1.82, 2.24) is 0 Å². The van der Waals surface area contributed by atoms with Gasteiger partial charge in [-0.15, -0.1) is 0 Å². The van der Waals surface area contributed by atoms with Gasteiger partial charge in [0.2, 0.25) is 0 Å². The Balaban J connectivity index is 2.80. The maximum atomic E-state index is 12.0. The molecule has 2 unspecified atom stereocenters. The summed E-state index contributed by atoms with van der Waals surface area (Å²) in [4.78, 5) is 0. The lowest BCUT2D eigenvalue weighted by Gasteiger charge is -2.16. The van der Waals surface area contributed by atoms with Gasteiger partial charge >= 0.3 is 6.61 Å². The quantitative estimate of drug-likeness (QED) is 0.823. The molecule has 1 aromatic rings. The fourth-order valence-electron chi connectivity index (χ4n) is 1.30. The van der Waals surface area contributed by atoms with Crippen LogP contribution in [-0.4, -0.2) is 22.9 Å². The minimum atomic E-state index is -2.95. The SMILES string of the molecule is N#CCC(O)C(O)c1cccc(OC(F)F)c1. The molecule has 0 heterocycles. The van der Waals surface area contributed by atoms with Crippen LogP contribution in [0.25, 0.3) is 0 Å². The van der Waals surface area contributed by atoms with E-state index < -0.39 is 18.8 Å². The van der Waals surface area contributed by atoms with Gasteiger partial charge in [0.25, 0.3) is 0 Å². The Morgan fingerprint density at radius 1 is 1.35 bits per heavy atom. The number of benzene rings is 1. The summed E-state index contributed by atoms with van der Waals surface area (Å²) in [6.45, 7) is -2.95. The second kappa shape index (κ2) is 6.13. The van der Waals surface area contributed by atoms with E-state index in [4.69, 9.17) is 5.26 Å². The first-order chi connectivity index (χ1) is 8.04. The Hall–Kier alpha value is -1.71. The van der Waals surface area contributed by atoms with Gasteiger partial charge < -0.3 is 14.9 Å². The highest BCUT2D eigenvalue weighted by molar-refractivity contribution is 5.30. The number of nitriles is 1. The summed E-state index contributed by atoms with van der Waals surface area (Å²) in [7, 11) is 0. The second-order valence-electron chi connectivity index (χ2n) is 3.33. The molecule has 6 heteroatoms. The fourth-order valence-corrected chi connectivity index (χ4v) is 1.30. The summed E-state index contributed by atoms with van der Waals surface area (Å²) < 4.78 is 28.1. The van der Waals surface area contributed by atoms with Crippen LogP contribution in [0.4, 0.5) is 8.78 Å². The van der Waals surface area contributed by atoms with E-state index in [1.807, 2.05) is 0 Å². The van der Waals surface area contributed by atoms with E-state index in [9.17, 15) is 19.0 Å². The number of aliphatic hydroxyl groups excluding tert-OH is 2. The van der Waals surface area contributed by atoms with Crippen molar-refractivity contribution in [3.63, 3.8) is 0 Å². The lowest BCUT2D eigenvalue weighted by molar-refractivity contribution is -0.0501. The summed E-state index contributed by atoms with van der Waals surface area (Å²) in [5.74, 6) is -0.110. The van der Waals surface area contributed by atoms with E-state index in [-0.39, 0.29) is 17.7 Å². The molecule has 0 saturated heterocycles. The van der Waals surface area contributed by atoms with Gasteiger partial charge in [-0.05, 0) is 17.7 Å². The molecule has 0 spiro atoms. The largest absolute Gasteiger partial charge is 0.435 e. The Kier molecular flexibility index (Phi) is 4.82. The first-order valence-electron chi connectivity index (χ1n) is 4.82. The van der Waals surface area contributed by atoms with Crippen LogP contribution in [0.3, 0.4) is 0 Å². The molecule has 0 aliphatic heterocycles. The zero-order valence-electron chi connectivity index (χ0n) is 8.75. The van der Waals surface area contributed by atoms with E-state index in [2.05, 4.69) is 4.74 Å². The third-order valence-electron chi connectivity index (χ3n) is 2.09. The molecule has 0 bridgehead atoms. The van der Waals surface area contributed by atoms with E-state index in [1.165, 1.54) is 24.3 Å². The van der Waals surface area contributed by atoms with Crippen LogP contribution >= 0.6 is 0 Å². The van der Waals surface area contributed by atoms with Crippen LogP contribution in [0.2, 0.25) is 0 Å². The van der Waals surface area contributed by atoms with E-state index in [0.717, 1.165) is 0 Å². The minimum Gasteiger partial charge on any atom is -0.435 e. The normalized spacial score (nSPS) is 14.1. The van der Waals surface area contributed by atoms with Crippen LogP contribution < -0.4 is 4.74 Å². The first kappa shape index (κ1) is 13.4. The van der Waals surface area contributed by atoms with E-state index in [0.29, 0.717) is 0 Å². The van der Waals surface area contributed by atoms with Crippen LogP contribution in [0.1, 0.15) is 18.1 Å². The molecule has 4 nitrogen and oxygen atoms in total. The first-order valence-corrected chi connectivity index (χ1v) is 4.82. The molecule has 1 rings (SSSR count). The van der Waals surface area contributed by atoms with Gasteiger partial charge in [-0.1, -0.05) is 12.1 Å². The number of alkyl halides is 2. The molecule has 1 aromatic carbocycles. The third kappa shape index (κ3) is 3.98. The lowest BCUT2D eigenvalue weighted by Crippen LogP contribution is -2.17. The summed E-state index contributed by atoms with van der Waals surface area (Å²) >= 11 is 0.